The molecule has 4 rings (SSSR count). The summed E-state index contributed by atoms with van der Waals surface area (Å²) in [5, 5.41) is 0. The first-order valence-corrected chi connectivity index (χ1v) is 10.7. The molecule has 0 saturated heterocycles. The van der Waals surface area contributed by atoms with Crippen LogP contribution in [-0.4, -0.2) is 19.7 Å². The van der Waals surface area contributed by atoms with Crippen LogP contribution in [0.4, 0.5) is 4.39 Å². The van der Waals surface area contributed by atoms with Crippen LogP contribution in [0.5, 0.6) is 5.75 Å². The van der Waals surface area contributed by atoms with Gasteiger partial charge in [0.05, 0.1) is 13.7 Å². The number of fused-ring (bicyclic) bond motifs is 1. The summed E-state index contributed by atoms with van der Waals surface area (Å²) in [4.78, 5) is 11.6. The number of carbonyl (C=O) groups excluding carboxylic acids is 1. The molecule has 0 amide bonds. The number of carbonyl (C=O) groups is 1. The van der Waals surface area contributed by atoms with Crippen LogP contribution in [0.25, 0.3) is 17.2 Å². The largest absolute Gasteiger partial charge is 0.497 e. The Morgan fingerprint density at radius 3 is 2.38 bits per heavy atom. The lowest BCUT2D eigenvalue weighted by Crippen LogP contribution is -2.06. The van der Waals surface area contributed by atoms with E-state index in [0.717, 1.165) is 46.4 Å². The van der Waals surface area contributed by atoms with Crippen molar-refractivity contribution in [3.8, 4) is 5.75 Å². The van der Waals surface area contributed by atoms with E-state index in [1.165, 1.54) is 29.3 Å². The highest BCUT2D eigenvalue weighted by molar-refractivity contribution is 6.01. The Labute approximate surface area is 187 Å². The fourth-order valence-corrected chi connectivity index (χ4v) is 4.08. The predicted molar refractivity (Wildman–Crippen MR) is 126 cm³/mol. The van der Waals surface area contributed by atoms with Gasteiger partial charge in [0.2, 0.25) is 0 Å². The lowest BCUT2D eigenvalue weighted by molar-refractivity contribution is -0.137. The van der Waals surface area contributed by atoms with Gasteiger partial charge in [0.1, 0.15) is 11.6 Å². The molecular formula is C28H25FO3. The highest BCUT2D eigenvalue weighted by Gasteiger charge is 2.22. The molecule has 0 heterocycles. The molecule has 0 radical (unpaired) electrons. The summed E-state index contributed by atoms with van der Waals surface area (Å²) in [6.07, 6.45) is 4.93. The third kappa shape index (κ3) is 4.65. The number of allylic oxidation sites excluding steroid dienone is 1. The fourth-order valence-electron chi connectivity index (χ4n) is 4.08. The standard InChI is InChI=1S/C28H25FO3/c1-3-32-27(30)17-6-19-4-7-21(8-5-19)28-25(20-9-12-23(29)13-10-20)15-11-22-18-24(31-2)14-16-26(22)28/h4-10,12-14,16-18H,3,11,15H2,1-2H3. The fraction of sp³-hybridized carbons (Fsp3) is 0.179. The SMILES string of the molecule is CCOC(=O)C=Cc1ccc(C2=C(c3ccc(F)cc3)CCc3cc(OC)ccc32)cc1. The zero-order chi connectivity index (χ0) is 22.5. The van der Waals surface area contributed by atoms with Crippen molar-refractivity contribution in [1.29, 1.82) is 0 Å². The highest BCUT2D eigenvalue weighted by Crippen LogP contribution is 2.41. The average molecular weight is 429 g/mol. The minimum atomic E-state index is -0.354. The maximum absolute atomic E-state index is 13.5. The summed E-state index contributed by atoms with van der Waals surface area (Å²) in [6, 6.07) is 20.9. The van der Waals surface area contributed by atoms with Gasteiger partial charge in [-0.1, -0.05) is 42.5 Å². The second-order valence-electron chi connectivity index (χ2n) is 7.59. The molecule has 0 N–H and O–H groups in total. The molecule has 0 unspecified atom stereocenters. The molecule has 3 nitrogen and oxygen atoms in total. The lowest BCUT2D eigenvalue weighted by atomic mass is 9.79. The normalized spacial score (nSPS) is 13.2. The Morgan fingerprint density at radius 2 is 1.69 bits per heavy atom. The predicted octanol–water partition coefficient (Wildman–Crippen LogP) is 6.32. The number of hydrogen-bond donors (Lipinski definition) is 0. The molecule has 0 atom stereocenters. The van der Waals surface area contributed by atoms with Gasteiger partial charge in [-0.2, -0.15) is 0 Å². The van der Waals surface area contributed by atoms with Crippen molar-refractivity contribution < 1.29 is 18.7 Å². The number of ether oxygens (including phenoxy) is 2. The van der Waals surface area contributed by atoms with Crippen LogP contribution >= 0.6 is 0 Å². The molecule has 4 heteroatoms. The number of rotatable bonds is 6. The molecule has 0 fully saturated rings. The van der Waals surface area contributed by atoms with Crippen molar-refractivity contribution in [2.75, 3.05) is 13.7 Å². The summed E-state index contributed by atoms with van der Waals surface area (Å²) in [5.41, 5.74) is 7.73. The third-order valence-corrected chi connectivity index (χ3v) is 5.62. The van der Waals surface area contributed by atoms with Crippen molar-refractivity contribution >= 4 is 23.2 Å². The van der Waals surface area contributed by atoms with Gasteiger partial charge in [-0.25, -0.2) is 9.18 Å². The first kappa shape index (κ1) is 21.6. The molecule has 0 aromatic heterocycles. The molecule has 162 valence electrons. The highest BCUT2D eigenvalue weighted by atomic mass is 19.1. The zero-order valence-electron chi connectivity index (χ0n) is 18.2. The van der Waals surface area contributed by atoms with Gasteiger partial charge in [0.15, 0.2) is 0 Å². The molecule has 0 saturated carbocycles. The Bertz CT molecular complexity index is 1170. The second-order valence-corrected chi connectivity index (χ2v) is 7.59. The zero-order valence-corrected chi connectivity index (χ0v) is 18.2. The summed E-state index contributed by atoms with van der Waals surface area (Å²) in [5.74, 6) is 0.246. The van der Waals surface area contributed by atoms with Crippen LogP contribution < -0.4 is 4.74 Å². The van der Waals surface area contributed by atoms with E-state index >= 15 is 0 Å². The molecule has 3 aromatic rings. The summed E-state index contributed by atoms with van der Waals surface area (Å²) in [7, 11) is 1.67. The number of aryl methyl sites for hydroxylation is 1. The topological polar surface area (TPSA) is 35.5 Å². The maximum Gasteiger partial charge on any atom is 0.330 e. The molecule has 1 aliphatic carbocycles. The van der Waals surface area contributed by atoms with Crippen LogP contribution in [0.2, 0.25) is 0 Å². The van der Waals surface area contributed by atoms with E-state index in [-0.39, 0.29) is 11.8 Å². The number of methoxy groups -OCH3 is 1. The molecule has 0 spiro atoms. The molecule has 0 bridgehead atoms. The quantitative estimate of drug-likeness (QED) is 0.341. The number of hydrogen-bond acceptors (Lipinski definition) is 3. The van der Waals surface area contributed by atoms with Crippen molar-refractivity contribution in [3.63, 3.8) is 0 Å². The second kappa shape index (κ2) is 9.65. The molecule has 32 heavy (non-hydrogen) atoms. The average Bonchev–Trinajstić information content (AvgIpc) is 2.83. The van der Waals surface area contributed by atoms with E-state index in [1.807, 2.05) is 30.3 Å². The van der Waals surface area contributed by atoms with Crippen molar-refractivity contribution in [1.82, 2.24) is 0 Å². The van der Waals surface area contributed by atoms with Gasteiger partial charge >= 0.3 is 5.97 Å². The number of halogens is 1. The van der Waals surface area contributed by atoms with Crippen LogP contribution in [0.1, 0.15) is 41.2 Å². The molecule has 0 aliphatic heterocycles. The summed E-state index contributed by atoms with van der Waals surface area (Å²) < 4.78 is 23.9. The minimum Gasteiger partial charge on any atom is -0.497 e. The van der Waals surface area contributed by atoms with Crippen LogP contribution in [0, 0.1) is 5.82 Å². The molecular weight excluding hydrogens is 403 g/mol. The van der Waals surface area contributed by atoms with Gasteiger partial charge < -0.3 is 9.47 Å². The Kier molecular flexibility index (Phi) is 6.50. The Hall–Kier alpha value is -3.66. The van der Waals surface area contributed by atoms with Crippen LogP contribution in [-0.2, 0) is 16.0 Å². The van der Waals surface area contributed by atoms with Crippen LogP contribution in [0.15, 0.2) is 72.8 Å². The van der Waals surface area contributed by atoms with Gasteiger partial charge in [0.25, 0.3) is 0 Å². The lowest BCUT2D eigenvalue weighted by Gasteiger charge is -2.25. The molecule has 3 aromatic carbocycles. The van der Waals surface area contributed by atoms with Gasteiger partial charge in [-0.05, 0) is 89.1 Å². The summed E-state index contributed by atoms with van der Waals surface area (Å²) >= 11 is 0. The van der Waals surface area contributed by atoms with Crippen molar-refractivity contribution in [2.24, 2.45) is 0 Å². The first-order valence-electron chi connectivity index (χ1n) is 10.7. The van der Waals surface area contributed by atoms with Crippen molar-refractivity contribution in [2.45, 2.75) is 19.8 Å². The van der Waals surface area contributed by atoms with E-state index in [9.17, 15) is 9.18 Å². The van der Waals surface area contributed by atoms with Crippen LogP contribution in [0.3, 0.4) is 0 Å². The number of benzene rings is 3. The number of esters is 1. The molecule has 1 aliphatic rings. The van der Waals surface area contributed by atoms with E-state index in [1.54, 1.807) is 20.1 Å². The van der Waals surface area contributed by atoms with Gasteiger partial charge in [-0.15, -0.1) is 0 Å². The van der Waals surface area contributed by atoms with E-state index in [0.29, 0.717) is 6.61 Å². The monoisotopic (exact) mass is 428 g/mol. The van der Waals surface area contributed by atoms with Gasteiger partial charge in [-0.3, -0.25) is 0 Å². The Balaban J connectivity index is 1.78. The van der Waals surface area contributed by atoms with Crippen molar-refractivity contribution in [3.05, 3.63) is 106 Å². The van der Waals surface area contributed by atoms with Gasteiger partial charge in [0, 0.05) is 6.08 Å². The minimum absolute atomic E-state index is 0.241. The van der Waals surface area contributed by atoms with E-state index in [4.69, 9.17) is 9.47 Å². The first-order chi connectivity index (χ1) is 15.6. The van der Waals surface area contributed by atoms with E-state index < -0.39 is 0 Å². The maximum atomic E-state index is 13.5. The third-order valence-electron chi connectivity index (χ3n) is 5.62. The smallest absolute Gasteiger partial charge is 0.330 e. The summed E-state index contributed by atoms with van der Waals surface area (Å²) in [6.45, 7) is 2.14. The Morgan fingerprint density at radius 1 is 0.969 bits per heavy atom. The van der Waals surface area contributed by atoms with E-state index in [2.05, 4.69) is 24.3 Å².